The Hall–Kier alpha value is -1.42. The van der Waals surface area contributed by atoms with Crippen LogP contribution in [0.1, 0.15) is 32.9 Å². The van der Waals surface area contributed by atoms with Gasteiger partial charge < -0.3 is 10.2 Å². The van der Waals surface area contributed by atoms with E-state index in [9.17, 15) is 0 Å². The van der Waals surface area contributed by atoms with Gasteiger partial charge in [0, 0.05) is 19.1 Å². The quantitative estimate of drug-likeness (QED) is 0.566. The molecule has 0 spiro atoms. The molecule has 100 valence electrons. The molecule has 0 bridgehead atoms. The highest BCUT2D eigenvalue weighted by atomic mass is 15.3. The summed E-state index contributed by atoms with van der Waals surface area (Å²) < 4.78 is 0. The molecule has 4 nitrogen and oxygen atoms in total. The van der Waals surface area contributed by atoms with E-state index in [1.54, 1.807) is 0 Å². The first-order valence-electron chi connectivity index (χ1n) is 6.59. The molecule has 18 heavy (non-hydrogen) atoms. The molecule has 0 atom stereocenters. The van der Waals surface area contributed by atoms with E-state index < -0.39 is 0 Å². The van der Waals surface area contributed by atoms with Crippen molar-refractivity contribution in [3.63, 3.8) is 0 Å². The van der Waals surface area contributed by atoms with Crippen molar-refractivity contribution in [1.29, 1.82) is 0 Å². The van der Waals surface area contributed by atoms with Gasteiger partial charge in [0.1, 0.15) is 0 Å². The van der Waals surface area contributed by atoms with Crippen LogP contribution in [0.15, 0.2) is 24.8 Å². The van der Waals surface area contributed by atoms with Crippen molar-refractivity contribution < 1.29 is 0 Å². The molecule has 0 aliphatic carbocycles. The highest BCUT2D eigenvalue weighted by molar-refractivity contribution is 5.39. The number of anilines is 1. The summed E-state index contributed by atoms with van der Waals surface area (Å²) in [6.07, 6.45) is 3.02. The molecule has 0 amide bonds. The lowest BCUT2D eigenvalue weighted by molar-refractivity contribution is 0.651. The lowest BCUT2D eigenvalue weighted by atomic mass is 10.3. The summed E-state index contributed by atoms with van der Waals surface area (Å²) in [5.41, 5.74) is 0.981. The molecule has 0 radical (unpaired) electrons. The second-order valence-corrected chi connectivity index (χ2v) is 4.59. The van der Waals surface area contributed by atoms with Crippen molar-refractivity contribution in [2.45, 2.75) is 39.8 Å². The lowest BCUT2D eigenvalue weighted by Crippen LogP contribution is -2.31. The summed E-state index contributed by atoms with van der Waals surface area (Å²) in [5.74, 6) is 0.907. The van der Waals surface area contributed by atoms with E-state index in [0.717, 1.165) is 37.6 Å². The third-order valence-electron chi connectivity index (χ3n) is 2.68. The molecule has 1 heterocycles. The van der Waals surface area contributed by atoms with Gasteiger partial charge in [0.25, 0.3) is 0 Å². The zero-order valence-corrected chi connectivity index (χ0v) is 11.7. The average molecular weight is 248 g/mol. The van der Waals surface area contributed by atoms with Crippen molar-refractivity contribution in [3.05, 3.63) is 30.5 Å². The van der Waals surface area contributed by atoms with Crippen LogP contribution in [0.2, 0.25) is 0 Å². The van der Waals surface area contributed by atoms with E-state index in [2.05, 4.69) is 47.8 Å². The third kappa shape index (κ3) is 4.45. The van der Waals surface area contributed by atoms with Crippen molar-refractivity contribution in [2.24, 2.45) is 0 Å². The molecule has 0 saturated heterocycles. The fourth-order valence-electron chi connectivity index (χ4n) is 1.70. The Labute approximate surface area is 110 Å². The summed E-state index contributed by atoms with van der Waals surface area (Å²) in [4.78, 5) is 2.17. The maximum atomic E-state index is 4.29. The summed E-state index contributed by atoms with van der Waals surface area (Å²) in [5, 5.41) is 11.8. The molecule has 0 aromatic carbocycles. The topological polar surface area (TPSA) is 41.0 Å². The molecule has 1 N–H and O–H groups in total. The van der Waals surface area contributed by atoms with Crippen molar-refractivity contribution in [3.8, 4) is 0 Å². The van der Waals surface area contributed by atoms with Gasteiger partial charge in [0.15, 0.2) is 5.82 Å². The van der Waals surface area contributed by atoms with Gasteiger partial charge in [0.05, 0.1) is 5.69 Å². The predicted octanol–water partition coefficient (Wildman–Crippen LogP) is 2.38. The molecule has 0 aliphatic heterocycles. The molecule has 1 aromatic heterocycles. The van der Waals surface area contributed by atoms with Gasteiger partial charge in [-0.1, -0.05) is 13.0 Å². The number of hydrogen-bond acceptors (Lipinski definition) is 4. The van der Waals surface area contributed by atoms with Crippen LogP contribution in [0.3, 0.4) is 0 Å². The third-order valence-corrected chi connectivity index (χ3v) is 2.68. The van der Waals surface area contributed by atoms with Gasteiger partial charge in [-0.25, -0.2) is 0 Å². The first kappa shape index (κ1) is 14.6. The van der Waals surface area contributed by atoms with Crippen LogP contribution in [0, 0.1) is 0 Å². The van der Waals surface area contributed by atoms with Gasteiger partial charge in [-0.15, -0.1) is 11.7 Å². The molecule has 4 heteroatoms. The standard InChI is InChI=1S/C14H24N4/c1-5-9-15-11-13-7-8-14(17-16-13)18(10-6-2)12(3)4/h6-8,12,15H,2,5,9-11H2,1,3-4H3. The Kier molecular flexibility index (Phi) is 6.36. The van der Waals surface area contributed by atoms with Gasteiger partial charge in [-0.2, -0.15) is 5.10 Å². The molecular formula is C14H24N4. The minimum atomic E-state index is 0.390. The second-order valence-electron chi connectivity index (χ2n) is 4.59. The normalized spacial score (nSPS) is 10.7. The van der Waals surface area contributed by atoms with E-state index in [0.29, 0.717) is 6.04 Å². The Balaban J connectivity index is 2.65. The Bertz CT molecular complexity index is 345. The highest BCUT2D eigenvalue weighted by Gasteiger charge is 2.10. The van der Waals surface area contributed by atoms with Crippen LogP contribution in [0.25, 0.3) is 0 Å². The molecule has 0 saturated carbocycles. The van der Waals surface area contributed by atoms with Crippen molar-refractivity contribution in [2.75, 3.05) is 18.0 Å². The summed E-state index contributed by atoms with van der Waals surface area (Å²) in [7, 11) is 0. The average Bonchev–Trinajstić information content (AvgIpc) is 2.37. The largest absolute Gasteiger partial charge is 0.349 e. The van der Waals surface area contributed by atoms with Gasteiger partial charge in [-0.05, 0) is 38.9 Å². The minimum absolute atomic E-state index is 0.390. The first-order valence-corrected chi connectivity index (χ1v) is 6.59. The number of nitrogens with zero attached hydrogens (tertiary/aromatic N) is 3. The van der Waals surface area contributed by atoms with E-state index in [1.165, 1.54) is 0 Å². The summed E-state index contributed by atoms with van der Waals surface area (Å²) >= 11 is 0. The van der Waals surface area contributed by atoms with Crippen LogP contribution < -0.4 is 10.2 Å². The maximum Gasteiger partial charge on any atom is 0.151 e. The number of rotatable bonds is 8. The number of hydrogen-bond donors (Lipinski definition) is 1. The van der Waals surface area contributed by atoms with Crippen LogP contribution >= 0.6 is 0 Å². The van der Waals surface area contributed by atoms with Crippen LogP contribution in [-0.2, 0) is 6.54 Å². The minimum Gasteiger partial charge on any atom is -0.349 e. The van der Waals surface area contributed by atoms with Gasteiger partial charge in [0.2, 0.25) is 0 Å². The lowest BCUT2D eigenvalue weighted by Gasteiger charge is -2.25. The molecule has 1 aromatic rings. The van der Waals surface area contributed by atoms with E-state index in [4.69, 9.17) is 0 Å². The second kappa shape index (κ2) is 7.82. The number of aromatic nitrogens is 2. The maximum absolute atomic E-state index is 4.29. The van der Waals surface area contributed by atoms with Gasteiger partial charge >= 0.3 is 0 Å². The van der Waals surface area contributed by atoms with Crippen LogP contribution in [0.4, 0.5) is 5.82 Å². The van der Waals surface area contributed by atoms with E-state index >= 15 is 0 Å². The predicted molar refractivity (Wildman–Crippen MR) is 76.7 cm³/mol. The molecule has 0 aliphatic rings. The fraction of sp³-hybridized carbons (Fsp3) is 0.571. The fourth-order valence-corrected chi connectivity index (χ4v) is 1.70. The van der Waals surface area contributed by atoms with Gasteiger partial charge in [-0.3, -0.25) is 0 Å². The Morgan fingerprint density at radius 2 is 2.17 bits per heavy atom. The molecule has 0 fully saturated rings. The van der Waals surface area contributed by atoms with Crippen LogP contribution in [-0.4, -0.2) is 29.3 Å². The monoisotopic (exact) mass is 248 g/mol. The molecular weight excluding hydrogens is 224 g/mol. The zero-order chi connectivity index (χ0) is 13.4. The molecule has 1 rings (SSSR count). The summed E-state index contributed by atoms with van der Waals surface area (Å²) in [6.45, 7) is 12.8. The molecule has 0 unspecified atom stereocenters. The first-order chi connectivity index (χ1) is 8.69. The van der Waals surface area contributed by atoms with Crippen molar-refractivity contribution in [1.82, 2.24) is 15.5 Å². The SMILES string of the molecule is C=CCN(c1ccc(CNCCC)nn1)C(C)C. The Morgan fingerprint density at radius 1 is 1.39 bits per heavy atom. The smallest absolute Gasteiger partial charge is 0.151 e. The Morgan fingerprint density at radius 3 is 2.67 bits per heavy atom. The number of nitrogens with one attached hydrogen (secondary N) is 1. The highest BCUT2D eigenvalue weighted by Crippen LogP contribution is 2.12. The summed E-state index contributed by atoms with van der Waals surface area (Å²) in [6, 6.07) is 4.45. The zero-order valence-electron chi connectivity index (χ0n) is 11.7. The van der Waals surface area contributed by atoms with Crippen molar-refractivity contribution >= 4 is 5.82 Å². The van der Waals surface area contributed by atoms with Crippen LogP contribution in [0.5, 0.6) is 0 Å². The van der Waals surface area contributed by atoms with E-state index in [1.807, 2.05) is 18.2 Å². The van der Waals surface area contributed by atoms with E-state index in [-0.39, 0.29) is 0 Å².